The van der Waals surface area contributed by atoms with Gasteiger partial charge in [-0.15, -0.1) is 35.3 Å². The van der Waals surface area contributed by atoms with E-state index in [1.54, 1.807) is 18.4 Å². The fraction of sp³-hybridized carbons (Fsp3) is 0.750. The maximum atomic E-state index is 5.15. The third kappa shape index (κ3) is 9.41. The Labute approximate surface area is 176 Å². The van der Waals surface area contributed by atoms with Crippen LogP contribution < -0.4 is 10.6 Å². The Morgan fingerprint density at radius 3 is 2.92 bits per heavy atom. The molecule has 9 heteroatoms. The van der Waals surface area contributed by atoms with Crippen LogP contribution in [-0.2, 0) is 4.74 Å². The molecule has 1 saturated heterocycles. The number of hydrogen-bond donors (Lipinski definition) is 2. The number of rotatable bonds is 9. The van der Waals surface area contributed by atoms with Crippen molar-refractivity contribution >= 4 is 53.0 Å². The van der Waals surface area contributed by atoms with Crippen molar-refractivity contribution in [2.75, 3.05) is 52.7 Å². The summed E-state index contributed by atoms with van der Waals surface area (Å²) in [5.41, 5.74) is 0. The van der Waals surface area contributed by atoms with Crippen molar-refractivity contribution in [1.29, 1.82) is 0 Å². The van der Waals surface area contributed by atoms with Gasteiger partial charge in [0.1, 0.15) is 4.34 Å². The van der Waals surface area contributed by atoms with Crippen molar-refractivity contribution in [2.24, 2.45) is 4.99 Å². The Hall–Kier alpha value is -0.100. The van der Waals surface area contributed by atoms with Gasteiger partial charge in [-0.05, 0) is 19.3 Å². The molecule has 0 atom stereocenters. The first-order chi connectivity index (χ1) is 11.8. The summed E-state index contributed by atoms with van der Waals surface area (Å²) in [6.07, 6.45) is 5.27. The molecule has 0 unspecified atom stereocenters. The van der Waals surface area contributed by atoms with Gasteiger partial charge in [0, 0.05) is 63.7 Å². The van der Waals surface area contributed by atoms with Crippen molar-refractivity contribution in [3.63, 3.8) is 0 Å². The minimum atomic E-state index is 0. The SMILES string of the molecule is CN=C(NCCCSc1nccs1)NC1CCN(CCOC)CC1.I. The lowest BCUT2D eigenvalue weighted by molar-refractivity contribution is 0.128. The van der Waals surface area contributed by atoms with Crippen LogP contribution in [0, 0.1) is 0 Å². The summed E-state index contributed by atoms with van der Waals surface area (Å²) in [5, 5.41) is 8.99. The van der Waals surface area contributed by atoms with Gasteiger partial charge in [0.2, 0.25) is 0 Å². The maximum Gasteiger partial charge on any atom is 0.191 e. The molecule has 2 N–H and O–H groups in total. The number of aliphatic imine (C=N–C) groups is 1. The number of methoxy groups -OCH3 is 1. The van der Waals surface area contributed by atoms with E-state index in [-0.39, 0.29) is 24.0 Å². The van der Waals surface area contributed by atoms with Crippen LogP contribution in [0.5, 0.6) is 0 Å². The molecule has 1 fully saturated rings. The molecule has 0 saturated carbocycles. The number of hydrogen-bond acceptors (Lipinski definition) is 6. The molecule has 0 amide bonds. The summed E-state index contributed by atoms with van der Waals surface area (Å²) in [6, 6.07) is 0.514. The lowest BCUT2D eigenvalue weighted by Crippen LogP contribution is -2.49. The van der Waals surface area contributed by atoms with Crippen LogP contribution in [0.3, 0.4) is 0 Å². The number of aromatic nitrogens is 1. The zero-order chi connectivity index (χ0) is 17.0. The van der Waals surface area contributed by atoms with Crippen LogP contribution in [0.25, 0.3) is 0 Å². The first-order valence-corrected chi connectivity index (χ1v) is 10.4. The van der Waals surface area contributed by atoms with E-state index in [0.717, 1.165) is 68.1 Å². The molecular weight excluding hydrogens is 469 g/mol. The average molecular weight is 499 g/mol. The highest BCUT2D eigenvalue weighted by molar-refractivity contribution is 14.0. The first kappa shape index (κ1) is 22.9. The van der Waals surface area contributed by atoms with Gasteiger partial charge in [0.15, 0.2) is 5.96 Å². The van der Waals surface area contributed by atoms with E-state index < -0.39 is 0 Å². The number of thiazole rings is 1. The highest BCUT2D eigenvalue weighted by atomic mass is 127. The zero-order valence-corrected chi connectivity index (χ0v) is 19.0. The van der Waals surface area contributed by atoms with E-state index in [2.05, 4.69) is 25.5 Å². The number of nitrogens with one attached hydrogen (secondary N) is 2. The molecule has 1 aliphatic rings. The third-order valence-electron chi connectivity index (χ3n) is 4.01. The standard InChI is InChI=1S/C16H29N5OS2.HI/c1-17-15(18-6-3-12-23-16-19-7-13-24-16)20-14-4-8-21(9-5-14)10-11-22-2;/h7,13-14H,3-6,8-12H2,1-2H3,(H2,17,18,20);1H. The molecule has 1 aliphatic heterocycles. The van der Waals surface area contributed by atoms with E-state index >= 15 is 0 Å². The minimum absolute atomic E-state index is 0. The predicted molar refractivity (Wildman–Crippen MR) is 119 cm³/mol. The second-order valence-electron chi connectivity index (χ2n) is 5.75. The van der Waals surface area contributed by atoms with Gasteiger partial charge in [-0.1, -0.05) is 11.8 Å². The number of piperidine rings is 1. The molecule has 0 aliphatic carbocycles. The zero-order valence-electron chi connectivity index (χ0n) is 15.1. The van der Waals surface area contributed by atoms with Crippen molar-refractivity contribution < 1.29 is 4.74 Å². The van der Waals surface area contributed by atoms with Crippen molar-refractivity contribution in [3.05, 3.63) is 11.6 Å². The third-order valence-corrected chi connectivity index (χ3v) is 6.06. The second-order valence-corrected chi connectivity index (χ2v) is 7.99. The van der Waals surface area contributed by atoms with Crippen LogP contribution in [0.4, 0.5) is 0 Å². The molecule has 25 heavy (non-hydrogen) atoms. The number of nitrogens with zero attached hydrogens (tertiary/aromatic N) is 3. The average Bonchev–Trinajstić information content (AvgIpc) is 3.13. The largest absolute Gasteiger partial charge is 0.383 e. The van der Waals surface area contributed by atoms with Gasteiger partial charge < -0.3 is 20.3 Å². The molecule has 0 bridgehead atoms. The van der Waals surface area contributed by atoms with E-state index in [0.29, 0.717) is 6.04 Å². The van der Waals surface area contributed by atoms with Gasteiger partial charge in [-0.25, -0.2) is 4.98 Å². The van der Waals surface area contributed by atoms with Crippen molar-refractivity contribution in [3.8, 4) is 0 Å². The topological polar surface area (TPSA) is 61.8 Å². The Morgan fingerprint density at radius 2 is 2.28 bits per heavy atom. The molecule has 2 heterocycles. The van der Waals surface area contributed by atoms with E-state index in [1.807, 2.05) is 30.4 Å². The van der Waals surface area contributed by atoms with Crippen LogP contribution in [0.2, 0.25) is 0 Å². The van der Waals surface area contributed by atoms with Gasteiger partial charge >= 0.3 is 0 Å². The molecule has 6 nitrogen and oxygen atoms in total. The number of ether oxygens (including phenoxy) is 1. The molecule has 1 aromatic rings. The van der Waals surface area contributed by atoms with Crippen molar-refractivity contribution in [1.82, 2.24) is 20.5 Å². The number of thioether (sulfide) groups is 1. The summed E-state index contributed by atoms with van der Waals surface area (Å²) in [4.78, 5) is 11.1. The first-order valence-electron chi connectivity index (χ1n) is 8.52. The smallest absolute Gasteiger partial charge is 0.191 e. The van der Waals surface area contributed by atoms with Crippen molar-refractivity contribution in [2.45, 2.75) is 29.6 Å². The summed E-state index contributed by atoms with van der Waals surface area (Å²) < 4.78 is 6.30. The Balaban J connectivity index is 0.00000312. The Morgan fingerprint density at radius 1 is 1.48 bits per heavy atom. The molecule has 144 valence electrons. The summed E-state index contributed by atoms with van der Waals surface area (Å²) in [6.45, 7) is 5.04. The monoisotopic (exact) mass is 499 g/mol. The fourth-order valence-corrected chi connectivity index (χ4v) is 4.28. The fourth-order valence-electron chi connectivity index (χ4n) is 2.63. The van der Waals surface area contributed by atoms with E-state index in [1.165, 1.54) is 0 Å². The van der Waals surface area contributed by atoms with E-state index in [9.17, 15) is 0 Å². The number of halogens is 1. The quantitative estimate of drug-likeness (QED) is 0.179. The van der Waals surface area contributed by atoms with Gasteiger partial charge in [0.25, 0.3) is 0 Å². The number of guanidine groups is 1. The van der Waals surface area contributed by atoms with Crippen LogP contribution in [0.15, 0.2) is 20.9 Å². The van der Waals surface area contributed by atoms with E-state index in [4.69, 9.17) is 4.74 Å². The van der Waals surface area contributed by atoms with Crippen LogP contribution in [-0.4, -0.2) is 74.6 Å². The lowest BCUT2D eigenvalue weighted by Gasteiger charge is -2.32. The molecule has 0 aromatic carbocycles. The van der Waals surface area contributed by atoms with Gasteiger partial charge in [0.05, 0.1) is 6.61 Å². The second kappa shape index (κ2) is 14.0. The molecular formula is C16H30IN5OS2. The highest BCUT2D eigenvalue weighted by Crippen LogP contribution is 2.20. The summed E-state index contributed by atoms with van der Waals surface area (Å²) in [5.74, 6) is 2.00. The molecule has 2 rings (SSSR count). The maximum absolute atomic E-state index is 5.15. The molecule has 0 radical (unpaired) electrons. The summed E-state index contributed by atoms with van der Waals surface area (Å²) >= 11 is 3.52. The van der Waals surface area contributed by atoms with Crippen LogP contribution >= 0.6 is 47.1 Å². The Bertz CT molecular complexity index is 467. The van der Waals surface area contributed by atoms with Crippen LogP contribution in [0.1, 0.15) is 19.3 Å². The minimum Gasteiger partial charge on any atom is -0.383 e. The van der Waals surface area contributed by atoms with Gasteiger partial charge in [-0.2, -0.15) is 0 Å². The molecule has 1 aromatic heterocycles. The predicted octanol–water partition coefficient (Wildman–Crippen LogP) is 2.52. The highest BCUT2D eigenvalue weighted by Gasteiger charge is 2.19. The lowest BCUT2D eigenvalue weighted by atomic mass is 10.1. The number of likely N-dealkylation sites (tertiary alicyclic amines) is 1. The summed E-state index contributed by atoms with van der Waals surface area (Å²) in [7, 11) is 3.60. The normalized spacial score (nSPS) is 16.5. The molecule has 0 spiro atoms. The Kier molecular flexibility index (Phi) is 12.9. The van der Waals surface area contributed by atoms with Gasteiger partial charge in [-0.3, -0.25) is 4.99 Å².